The molecule has 5 heteroatoms. The van der Waals surface area contributed by atoms with Crippen LogP contribution in [-0.4, -0.2) is 31.3 Å². The maximum Gasteiger partial charge on any atom is 0.337 e. The summed E-state index contributed by atoms with van der Waals surface area (Å²) in [6.45, 7) is 2.02. The molecule has 1 aromatic carbocycles. The van der Waals surface area contributed by atoms with Crippen LogP contribution in [0.5, 0.6) is 0 Å². The Bertz CT molecular complexity index is 389. The third-order valence-corrected chi connectivity index (χ3v) is 2.64. The van der Waals surface area contributed by atoms with Gasteiger partial charge in [0.2, 0.25) is 0 Å². The van der Waals surface area contributed by atoms with Gasteiger partial charge in [-0.2, -0.15) is 0 Å². The molecule has 94 valence electrons. The van der Waals surface area contributed by atoms with Crippen molar-refractivity contribution < 1.29 is 9.90 Å². The molecule has 1 rings (SSSR count). The minimum Gasteiger partial charge on any atom is -0.478 e. The van der Waals surface area contributed by atoms with Crippen molar-refractivity contribution in [3.63, 3.8) is 0 Å². The van der Waals surface area contributed by atoms with Gasteiger partial charge in [-0.3, -0.25) is 0 Å². The molecule has 5 nitrogen and oxygen atoms in total. The van der Waals surface area contributed by atoms with Gasteiger partial charge >= 0.3 is 5.97 Å². The van der Waals surface area contributed by atoms with Gasteiger partial charge in [0.05, 0.1) is 23.1 Å². The van der Waals surface area contributed by atoms with E-state index in [0.717, 1.165) is 12.1 Å². The standard InChI is InChI=1S/C12H19N3O2/c1-4-10(14-3)15-11-8(12(16)17)6-5-7-9(11)13-2/h5-7,10,13-15H,4H2,1-3H3,(H,16,17). The van der Waals surface area contributed by atoms with E-state index in [2.05, 4.69) is 16.0 Å². The maximum absolute atomic E-state index is 11.2. The molecule has 0 aliphatic carbocycles. The lowest BCUT2D eigenvalue weighted by Crippen LogP contribution is -2.33. The van der Waals surface area contributed by atoms with Crippen molar-refractivity contribution in [2.75, 3.05) is 24.7 Å². The number of hydrogen-bond donors (Lipinski definition) is 4. The second kappa shape index (κ2) is 6.10. The minimum absolute atomic E-state index is 0.0441. The normalized spacial score (nSPS) is 11.9. The zero-order chi connectivity index (χ0) is 12.8. The van der Waals surface area contributed by atoms with E-state index in [1.807, 2.05) is 20.0 Å². The van der Waals surface area contributed by atoms with Gasteiger partial charge in [-0.1, -0.05) is 13.0 Å². The van der Waals surface area contributed by atoms with Crippen LogP contribution in [0.2, 0.25) is 0 Å². The molecule has 1 atom stereocenters. The van der Waals surface area contributed by atoms with Crippen LogP contribution in [0.4, 0.5) is 11.4 Å². The Hall–Kier alpha value is -1.75. The fourth-order valence-electron chi connectivity index (χ4n) is 1.65. The molecule has 1 unspecified atom stereocenters. The smallest absolute Gasteiger partial charge is 0.337 e. The molecule has 0 fully saturated rings. The molecule has 17 heavy (non-hydrogen) atoms. The van der Waals surface area contributed by atoms with E-state index in [1.165, 1.54) is 0 Å². The number of carboxylic acid groups (broad SMARTS) is 1. The third-order valence-electron chi connectivity index (χ3n) is 2.64. The van der Waals surface area contributed by atoms with Gasteiger partial charge < -0.3 is 21.1 Å². The number of nitrogens with one attached hydrogen (secondary N) is 3. The monoisotopic (exact) mass is 237 g/mol. The Morgan fingerprint density at radius 3 is 2.59 bits per heavy atom. The summed E-state index contributed by atoms with van der Waals surface area (Å²) in [4.78, 5) is 11.2. The van der Waals surface area contributed by atoms with E-state index >= 15 is 0 Å². The molecule has 0 aliphatic heterocycles. The lowest BCUT2D eigenvalue weighted by molar-refractivity contribution is 0.0698. The second-order valence-corrected chi connectivity index (χ2v) is 3.68. The highest BCUT2D eigenvalue weighted by molar-refractivity contribution is 5.98. The Labute approximate surface area is 101 Å². The predicted octanol–water partition coefficient (Wildman–Crippen LogP) is 1.79. The molecule has 0 saturated carbocycles. The van der Waals surface area contributed by atoms with Crippen LogP contribution in [0.3, 0.4) is 0 Å². The van der Waals surface area contributed by atoms with Crippen LogP contribution in [-0.2, 0) is 0 Å². The lowest BCUT2D eigenvalue weighted by atomic mass is 10.1. The first-order chi connectivity index (χ1) is 8.13. The molecule has 0 aromatic heterocycles. The third kappa shape index (κ3) is 3.10. The van der Waals surface area contributed by atoms with Crippen LogP contribution in [0.1, 0.15) is 23.7 Å². The zero-order valence-corrected chi connectivity index (χ0v) is 10.4. The number of aromatic carboxylic acids is 1. The predicted molar refractivity (Wildman–Crippen MR) is 69.7 cm³/mol. The number of anilines is 2. The summed E-state index contributed by atoms with van der Waals surface area (Å²) in [7, 11) is 3.61. The van der Waals surface area contributed by atoms with Crippen LogP contribution < -0.4 is 16.0 Å². The first-order valence-corrected chi connectivity index (χ1v) is 5.61. The number of para-hydroxylation sites is 1. The Balaban J connectivity index is 3.12. The number of hydrogen-bond acceptors (Lipinski definition) is 4. The van der Waals surface area contributed by atoms with Gasteiger partial charge in [-0.15, -0.1) is 0 Å². The largest absolute Gasteiger partial charge is 0.478 e. The fourth-order valence-corrected chi connectivity index (χ4v) is 1.65. The van der Waals surface area contributed by atoms with E-state index in [4.69, 9.17) is 5.11 Å². The van der Waals surface area contributed by atoms with Crippen LogP contribution in [0.15, 0.2) is 18.2 Å². The van der Waals surface area contributed by atoms with Crippen LogP contribution in [0, 0.1) is 0 Å². The maximum atomic E-state index is 11.2. The fraction of sp³-hybridized carbons (Fsp3) is 0.417. The van der Waals surface area contributed by atoms with Gasteiger partial charge in [0.15, 0.2) is 0 Å². The molecular weight excluding hydrogens is 218 g/mol. The van der Waals surface area contributed by atoms with Crippen molar-refractivity contribution >= 4 is 17.3 Å². The molecule has 0 bridgehead atoms. The van der Waals surface area contributed by atoms with E-state index in [1.54, 1.807) is 19.2 Å². The van der Waals surface area contributed by atoms with Gasteiger partial charge in [0.1, 0.15) is 0 Å². The number of benzene rings is 1. The van der Waals surface area contributed by atoms with Gasteiger partial charge in [-0.25, -0.2) is 4.79 Å². The number of rotatable bonds is 6. The topological polar surface area (TPSA) is 73.4 Å². The first kappa shape index (κ1) is 13.3. The summed E-state index contributed by atoms with van der Waals surface area (Å²) >= 11 is 0. The molecule has 0 saturated heterocycles. The van der Waals surface area contributed by atoms with E-state index < -0.39 is 5.97 Å². The molecule has 4 N–H and O–H groups in total. The molecule has 0 spiro atoms. The Morgan fingerprint density at radius 1 is 1.41 bits per heavy atom. The van der Waals surface area contributed by atoms with Crippen LogP contribution >= 0.6 is 0 Å². The van der Waals surface area contributed by atoms with Gasteiger partial charge in [-0.05, 0) is 25.6 Å². The van der Waals surface area contributed by atoms with Crippen molar-refractivity contribution in [1.82, 2.24) is 5.32 Å². The highest BCUT2D eigenvalue weighted by Gasteiger charge is 2.15. The molecule has 0 heterocycles. The Kier molecular flexibility index (Phi) is 4.78. The molecular formula is C12H19N3O2. The summed E-state index contributed by atoms with van der Waals surface area (Å²) in [5.41, 5.74) is 1.66. The van der Waals surface area contributed by atoms with Crippen molar-refractivity contribution in [1.29, 1.82) is 0 Å². The average molecular weight is 237 g/mol. The van der Waals surface area contributed by atoms with Crippen molar-refractivity contribution in [2.24, 2.45) is 0 Å². The summed E-state index contributed by atoms with van der Waals surface area (Å²) in [5.74, 6) is -0.935. The SMILES string of the molecule is CCC(NC)Nc1c(NC)cccc1C(=O)O. The summed E-state index contributed by atoms with van der Waals surface area (Å²) in [6, 6.07) is 5.16. The van der Waals surface area contributed by atoms with Gasteiger partial charge in [0, 0.05) is 7.05 Å². The lowest BCUT2D eigenvalue weighted by Gasteiger charge is -2.21. The molecule has 0 aliphatic rings. The average Bonchev–Trinajstić information content (AvgIpc) is 2.35. The van der Waals surface area contributed by atoms with Crippen molar-refractivity contribution in [2.45, 2.75) is 19.5 Å². The quantitative estimate of drug-likeness (QED) is 0.568. The zero-order valence-electron chi connectivity index (χ0n) is 10.4. The van der Waals surface area contributed by atoms with E-state index in [0.29, 0.717) is 5.69 Å². The summed E-state index contributed by atoms with van der Waals surface area (Å²) in [5, 5.41) is 18.4. The highest BCUT2D eigenvalue weighted by Crippen LogP contribution is 2.26. The molecule has 0 amide bonds. The summed E-state index contributed by atoms with van der Waals surface area (Å²) < 4.78 is 0. The van der Waals surface area contributed by atoms with E-state index in [-0.39, 0.29) is 11.7 Å². The Morgan fingerprint density at radius 2 is 2.12 bits per heavy atom. The second-order valence-electron chi connectivity index (χ2n) is 3.68. The van der Waals surface area contributed by atoms with Crippen LogP contribution in [0.25, 0.3) is 0 Å². The van der Waals surface area contributed by atoms with Gasteiger partial charge in [0.25, 0.3) is 0 Å². The highest BCUT2D eigenvalue weighted by atomic mass is 16.4. The molecule has 1 aromatic rings. The first-order valence-electron chi connectivity index (χ1n) is 5.61. The van der Waals surface area contributed by atoms with Crippen molar-refractivity contribution in [3.8, 4) is 0 Å². The minimum atomic E-state index is -0.935. The number of carboxylic acids is 1. The number of carbonyl (C=O) groups is 1. The molecule has 0 radical (unpaired) electrons. The summed E-state index contributed by atoms with van der Waals surface area (Å²) in [6.07, 6.45) is 0.899. The van der Waals surface area contributed by atoms with Crippen molar-refractivity contribution in [3.05, 3.63) is 23.8 Å². The van der Waals surface area contributed by atoms with E-state index in [9.17, 15) is 4.79 Å².